The van der Waals surface area contributed by atoms with Gasteiger partial charge in [-0.1, -0.05) is 36.9 Å². The van der Waals surface area contributed by atoms with E-state index in [2.05, 4.69) is 6.58 Å². The summed E-state index contributed by atoms with van der Waals surface area (Å²) in [4.78, 5) is 0. The van der Waals surface area contributed by atoms with Crippen LogP contribution in [0.25, 0.3) is 11.1 Å². The van der Waals surface area contributed by atoms with Gasteiger partial charge in [-0.15, -0.1) is 0 Å². The fourth-order valence-corrected chi connectivity index (χ4v) is 3.89. The van der Waals surface area contributed by atoms with E-state index >= 15 is 0 Å². The van der Waals surface area contributed by atoms with Gasteiger partial charge in [-0.05, 0) is 40.8 Å². The van der Waals surface area contributed by atoms with Crippen molar-refractivity contribution >= 4 is 10.0 Å². The van der Waals surface area contributed by atoms with E-state index in [0.717, 1.165) is 34.2 Å². The zero-order valence-corrected chi connectivity index (χ0v) is 14.1. The van der Waals surface area contributed by atoms with Crippen LogP contribution in [0, 0.1) is 0 Å². The summed E-state index contributed by atoms with van der Waals surface area (Å²) in [6, 6.07) is 10.5. The predicted molar refractivity (Wildman–Crippen MR) is 90.1 cm³/mol. The normalized spacial score (nSPS) is 15.6. The van der Waals surface area contributed by atoms with E-state index in [1.165, 1.54) is 16.4 Å². The van der Waals surface area contributed by atoms with E-state index in [4.69, 9.17) is 0 Å². The standard InChI is InChI=1S/C18H16F3NO2S/c1-2-25(23,24)22-11-10-17-14(12-22)4-3-5-16(17)13-6-8-15(9-7-13)18(19,20)21/h2-9H,1,10-12H2. The van der Waals surface area contributed by atoms with Gasteiger partial charge in [-0.25, -0.2) is 8.42 Å². The summed E-state index contributed by atoms with van der Waals surface area (Å²) >= 11 is 0. The van der Waals surface area contributed by atoms with Crippen molar-refractivity contribution in [3.8, 4) is 11.1 Å². The third-order valence-electron chi connectivity index (χ3n) is 4.32. The highest BCUT2D eigenvalue weighted by molar-refractivity contribution is 7.91. The molecule has 132 valence electrons. The van der Waals surface area contributed by atoms with Crippen molar-refractivity contribution in [3.63, 3.8) is 0 Å². The predicted octanol–water partition coefficient (Wildman–Crippen LogP) is 4.20. The Kier molecular flexibility index (Phi) is 4.47. The Bertz CT molecular complexity index is 903. The van der Waals surface area contributed by atoms with Crippen molar-refractivity contribution in [2.45, 2.75) is 19.1 Å². The fraction of sp³-hybridized carbons (Fsp3) is 0.222. The summed E-state index contributed by atoms with van der Waals surface area (Å²) in [5.41, 5.74) is 2.66. The third-order valence-corrected chi connectivity index (χ3v) is 5.78. The topological polar surface area (TPSA) is 37.4 Å². The third kappa shape index (κ3) is 3.48. The number of hydrogen-bond acceptors (Lipinski definition) is 2. The minimum Gasteiger partial charge on any atom is -0.208 e. The maximum absolute atomic E-state index is 12.7. The lowest BCUT2D eigenvalue weighted by Gasteiger charge is -2.28. The average molecular weight is 367 g/mol. The highest BCUT2D eigenvalue weighted by Gasteiger charge is 2.30. The molecule has 2 aromatic rings. The first-order valence-corrected chi connectivity index (χ1v) is 9.13. The van der Waals surface area contributed by atoms with E-state index < -0.39 is 21.8 Å². The Balaban J connectivity index is 1.96. The quantitative estimate of drug-likeness (QED) is 0.815. The SMILES string of the molecule is C=CS(=O)(=O)N1CCc2c(cccc2-c2ccc(C(F)(F)F)cc2)C1. The number of fused-ring (bicyclic) bond motifs is 1. The van der Waals surface area contributed by atoms with Crippen molar-refractivity contribution in [1.29, 1.82) is 0 Å². The summed E-state index contributed by atoms with van der Waals surface area (Å²) in [6.07, 6.45) is -3.87. The summed E-state index contributed by atoms with van der Waals surface area (Å²) in [5, 5.41) is 0.928. The molecule has 7 heteroatoms. The first-order chi connectivity index (χ1) is 11.7. The van der Waals surface area contributed by atoms with E-state index in [0.29, 0.717) is 18.5 Å². The first-order valence-electron chi connectivity index (χ1n) is 7.63. The number of benzene rings is 2. The van der Waals surface area contributed by atoms with Gasteiger partial charge in [-0.3, -0.25) is 0 Å². The molecular weight excluding hydrogens is 351 g/mol. The zero-order chi connectivity index (χ0) is 18.2. The van der Waals surface area contributed by atoms with Crippen molar-refractivity contribution in [1.82, 2.24) is 4.31 Å². The molecule has 0 spiro atoms. The van der Waals surface area contributed by atoms with Crippen molar-refractivity contribution in [2.75, 3.05) is 6.54 Å². The highest BCUT2D eigenvalue weighted by Crippen LogP contribution is 2.34. The van der Waals surface area contributed by atoms with Crippen molar-refractivity contribution in [3.05, 3.63) is 71.1 Å². The number of alkyl halides is 3. The number of hydrogen-bond donors (Lipinski definition) is 0. The first kappa shape index (κ1) is 17.7. The smallest absolute Gasteiger partial charge is 0.208 e. The van der Waals surface area contributed by atoms with E-state index in [9.17, 15) is 21.6 Å². The highest BCUT2D eigenvalue weighted by atomic mass is 32.2. The number of sulfonamides is 1. The molecule has 0 N–H and O–H groups in total. The molecule has 0 saturated carbocycles. The largest absolute Gasteiger partial charge is 0.416 e. The Morgan fingerprint density at radius 2 is 1.76 bits per heavy atom. The maximum Gasteiger partial charge on any atom is 0.416 e. The fourth-order valence-electron chi connectivity index (χ4n) is 3.02. The summed E-state index contributed by atoms with van der Waals surface area (Å²) in [5.74, 6) is 0. The second kappa shape index (κ2) is 6.31. The molecule has 0 atom stereocenters. The maximum atomic E-state index is 12.7. The van der Waals surface area contributed by atoms with Gasteiger partial charge in [-0.2, -0.15) is 17.5 Å². The van der Waals surface area contributed by atoms with Crippen LogP contribution < -0.4 is 0 Å². The van der Waals surface area contributed by atoms with E-state index in [-0.39, 0.29) is 6.54 Å². The van der Waals surface area contributed by atoms with Crippen LogP contribution in [0.1, 0.15) is 16.7 Å². The monoisotopic (exact) mass is 367 g/mol. The molecular formula is C18H16F3NO2S. The second-order valence-electron chi connectivity index (χ2n) is 5.81. The van der Waals surface area contributed by atoms with Gasteiger partial charge in [0.2, 0.25) is 10.0 Å². The lowest BCUT2D eigenvalue weighted by Crippen LogP contribution is -2.34. The molecule has 0 aliphatic carbocycles. The molecule has 0 amide bonds. The van der Waals surface area contributed by atoms with Crippen LogP contribution in [0.2, 0.25) is 0 Å². The molecule has 0 saturated heterocycles. The summed E-state index contributed by atoms with van der Waals surface area (Å²) < 4.78 is 63.4. The van der Waals surface area contributed by atoms with Gasteiger partial charge in [0, 0.05) is 18.5 Å². The molecule has 1 aliphatic rings. The van der Waals surface area contributed by atoms with Gasteiger partial charge in [0.1, 0.15) is 0 Å². The lowest BCUT2D eigenvalue weighted by atomic mass is 9.91. The molecule has 0 fully saturated rings. The van der Waals surface area contributed by atoms with E-state index in [1.54, 1.807) is 6.07 Å². The van der Waals surface area contributed by atoms with Crippen LogP contribution in [0.15, 0.2) is 54.5 Å². The molecule has 0 radical (unpaired) electrons. The molecule has 2 aromatic carbocycles. The van der Waals surface area contributed by atoms with E-state index in [1.807, 2.05) is 12.1 Å². The molecule has 0 aromatic heterocycles. The molecule has 3 nitrogen and oxygen atoms in total. The minimum atomic E-state index is -4.37. The van der Waals surface area contributed by atoms with Crippen LogP contribution in [0.3, 0.4) is 0 Å². The second-order valence-corrected chi connectivity index (χ2v) is 7.69. The Labute approximate surface area is 144 Å². The van der Waals surface area contributed by atoms with Crippen LogP contribution in [0.5, 0.6) is 0 Å². The van der Waals surface area contributed by atoms with Gasteiger partial charge < -0.3 is 0 Å². The molecule has 25 heavy (non-hydrogen) atoms. The van der Waals surface area contributed by atoms with Crippen molar-refractivity contribution in [2.24, 2.45) is 0 Å². The zero-order valence-electron chi connectivity index (χ0n) is 13.3. The van der Waals surface area contributed by atoms with Gasteiger partial charge in [0.05, 0.1) is 5.56 Å². The van der Waals surface area contributed by atoms with Gasteiger partial charge >= 0.3 is 6.18 Å². The summed E-state index contributed by atoms with van der Waals surface area (Å²) in [6.45, 7) is 3.89. The van der Waals surface area contributed by atoms with Gasteiger partial charge in [0.25, 0.3) is 0 Å². The number of halogens is 3. The van der Waals surface area contributed by atoms with Crippen LogP contribution >= 0.6 is 0 Å². The Hall–Kier alpha value is -2.12. The van der Waals surface area contributed by atoms with Gasteiger partial charge in [0.15, 0.2) is 0 Å². The molecule has 3 rings (SSSR count). The summed E-state index contributed by atoms with van der Waals surface area (Å²) in [7, 11) is -3.49. The molecule has 0 bridgehead atoms. The lowest BCUT2D eigenvalue weighted by molar-refractivity contribution is -0.137. The van der Waals surface area contributed by atoms with Crippen LogP contribution in [0.4, 0.5) is 13.2 Å². The number of nitrogens with zero attached hydrogens (tertiary/aromatic N) is 1. The average Bonchev–Trinajstić information content (AvgIpc) is 2.60. The molecule has 0 unspecified atom stereocenters. The van der Waals surface area contributed by atoms with Crippen LogP contribution in [-0.4, -0.2) is 19.3 Å². The Morgan fingerprint density at radius 3 is 2.36 bits per heavy atom. The van der Waals surface area contributed by atoms with Crippen LogP contribution in [-0.2, 0) is 29.2 Å². The minimum absolute atomic E-state index is 0.234. The molecule has 1 aliphatic heterocycles. The van der Waals surface area contributed by atoms with Crippen molar-refractivity contribution < 1.29 is 21.6 Å². The molecule has 1 heterocycles. The number of rotatable bonds is 3. The Morgan fingerprint density at radius 1 is 1.08 bits per heavy atom.